The Hall–Kier alpha value is -1.28. The number of nitrogens with zero attached hydrogens (tertiary/aromatic N) is 1. The van der Waals surface area contributed by atoms with Crippen LogP contribution in [0, 0.1) is 17.2 Å². The van der Waals surface area contributed by atoms with Crippen LogP contribution in [0.5, 0.6) is 0 Å². The van der Waals surface area contributed by atoms with Crippen LogP contribution < -0.4 is 0 Å². The van der Waals surface area contributed by atoms with E-state index >= 15 is 0 Å². The smallest absolute Gasteiger partial charge is 0.374 e. The molecule has 1 aliphatic rings. The van der Waals surface area contributed by atoms with Crippen molar-refractivity contribution >= 4 is 21.9 Å². The summed E-state index contributed by atoms with van der Waals surface area (Å²) in [5, 5.41) is 8.98. The Morgan fingerprint density at radius 2 is 2.24 bits per heavy atom. The second-order valence-corrected chi connectivity index (χ2v) is 4.85. The first-order valence-electron chi connectivity index (χ1n) is 5.56. The molecule has 2 rings (SSSR count). The van der Waals surface area contributed by atoms with Gasteiger partial charge in [0.05, 0.1) is 12.0 Å². The minimum atomic E-state index is -0.497. The largest absolute Gasteiger partial charge is 0.455 e. The Morgan fingerprint density at radius 3 is 2.88 bits per heavy atom. The van der Waals surface area contributed by atoms with Crippen LogP contribution in [0.1, 0.15) is 36.2 Å². The van der Waals surface area contributed by atoms with Gasteiger partial charge in [-0.25, -0.2) is 4.79 Å². The lowest BCUT2D eigenvalue weighted by Crippen LogP contribution is -2.29. The molecular weight excluding hydrogens is 286 g/mol. The van der Waals surface area contributed by atoms with Crippen LogP contribution in [-0.2, 0) is 4.74 Å². The Morgan fingerprint density at radius 1 is 1.47 bits per heavy atom. The van der Waals surface area contributed by atoms with Crippen molar-refractivity contribution in [3.05, 3.63) is 22.6 Å². The summed E-state index contributed by atoms with van der Waals surface area (Å²) >= 11 is 3.12. The van der Waals surface area contributed by atoms with Crippen LogP contribution in [0.2, 0.25) is 0 Å². The molecule has 17 heavy (non-hydrogen) atoms. The second-order valence-electron chi connectivity index (χ2n) is 4.07. The van der Waals surface area contributed by atoms with E-state index in [1.807, 2.05) is 0 Å². The zero-order valence-electron chi connectivity index (χ0n) is 9.19. The van der Waals surface area contributed by atoms with Gasteiger partial charge in [0.25, 0.3) is 0 Å². The van der Waals surface area contributed by atoms with Crippen molar-refractivity contribution in [1.29, 1.82) is 5.26 Å². The van der Waals surface area contributed by atoms with Crippen molar-refractivity contribution < 1.29 is 13.9 Å². The van der Waals surface area contributed by atoms with Gasteiger partial charge in [0.1, 0.15) is 6.10 Å². The maximum Gasteiger partial charge on any atom is 0.374 e. The fourth-order valence-corrected chi connectivity index (χ4v) is 2.31. The first kappa shape index (κ1) is 12.2. The molecule has 0 N–H and O–H groups in total. The molecule has 0 bridgehead atoms. The third kappa shape index (κ3) is 2.89. The highest BCUT2D eigenvalue weighted by Gasteiger charge is 2.29. The van der Waals surface area contributed by atoms with E-state index in [2.05, 4.69) is 22.0 Å². The number of carbonyl (C=O) groups is 1. The van der Waals surface area contributed by atoms with Gasteiger partial charge in [0.2, 0.25) is 5.76 Å². The first-order valence-corrected chi connectivity index (χ1v) is 6.36. The van der Waals surface area contributed by atoms with E-state index in [4.69, 9.17) is 14.4 Å². The summed E-state index contributed by atoms with van der Waals surface area (Å²) in [5.41, 5.74) is 0. The number of carbonyl (C=O) groups excluding carboxylic acids is 1. The van der Waals surface area contributed by atoms with Gasteiger partial charge in [0, 0.05) is 0 Å². The number of ether oxygens (including phenoxy) is 1. The van der Waals surface area contributed by atoms with Gasteiger partial charge in [-0.1, -0.05) is 6.42 Å². The van der Waals surface area contributed by atoms with Crippen LogP contribution in [0.15, 0.2) is 21.2 Å². The third-order valence-corrected chi connectivity index (χ3v) is 3.33. The zero-order chi connectivity index (χ0) is 12.3. The quantitative estimate of drug-likeness (QED) is 0.786. The lowest BCUT2D eigenvalue weighted by Gasteiger charge is -2.25. The van der Waals surface area contributed by atoms with E-state index in [0.717, 1.165) is 25.7 Å². The normalized spacial score (nSPS) is 24.0. The average Bonchev–Trinajstić information content (AvgIpc) is 2.77. The summed E-state index contributed by atoms with van der Waals surface area (Å²) in [5.74, 6) is -0.520. The van der Waals surface area contributed by atoms with Gasteiger partial charge in [-0.3, -0.25) is 0 Å². The van der Waals surface area contributed by atoms with E-state index in [1.165, 1.54) is 0 Å². The van der Waals surface area contributed by atoms with Crippen molar-refractivity contribution in [2.75, 3.05) is 0 Å². The molecule has 0 radical (unpaired) electrons. The Kier molecular flexibility index (Phi) is 3.85. The summed E-state index contributed by atoms with van der Waals surface area (Å²) < 4.78 is 10.9. The van der Waals surface area contributed by atoms with E-state index in [0.29, 0.717) is 4.67 Å². The van der Waals surface area contributed by atoms with Gasteiger partial charge in [-0.05, 0) is 47.3 Å². The fraction of sp³-hybridized carbons (Fsp3) is 0.500. The van der Waals surface area contributed by atoms with Crippen LogP contribution in [0.25, 0.3) is 0 Å². The van der Waals surface area contributed by atoms with E-state index in [9.17, 15) is 4.79 Å². The summed E-state index contributed by atoms with van der Waals surface area (Å²) in [7, 11) is 0. The number of hydrogen-bond donors (Lipinski definition) is 0. The summed E-state index contributed by atoms with van der Waals surface area (Å²) in [6, 6.07) is 5.39. The van der Waals surface area contributed by atoms with Crippen LogP contribution in [0.4, 0.5) is 0 Å². The Balaban J connectivity index is 2.00. The van der Waals surface area contributed by atoms with Crippen molar-refractivity contribution in [2.24, 2.45) is 5.92 Å². The molecule has 0 aromatic carbocycles. The molecule has 0 spiro atoms. The van der Waals surface area contributed by atoms with Crippen molar-refractivity contribution in [1.82, 2.24) is 0 Å². The second kappa shape index (κ2) is 5.37. The molecule has 0 aliphatic heterocycles. The summed E-state index contributed by atoms with van der Waals surface area (Å²) in [6.07, 6.45) is 3.28. The number of furan rings is 1. The van der Waals surface area contributed by atoms with E-state index in [1.54, 1.807) is 12.1 Å². The van der Waals surface area contributed by atoms with Gasteiger partial charge >= 0.3 is 5.97 Å². The monoisotopic (exact) mass is 297 g/mol. The van der Waals surface area contributed by atoms with Crippen LogP contribution in [0.3, 0.4) is 0 Å². The molecule has 1 aromatic heterocycles. The standard InChI is InChI=1S/C12H12BrNO3/c13-11-6-5-10(16-11)12(15)17-9-4-2-1-3-8(9)7-14/h5-6,8-9H,1-4H2/t8-,9+/m0/s1. The molecule has 1 aliphatic carbocycles. The molecule has 1 fully saturated rings. The number of hydrogen-bond acceptors (Lipinski definition) is 4. The van der Waals surface area contributed by atoms with E-state index in [-0.39, 0.29) is 17.8 Å². The molecule has 1 aromatic rings. The maximum absolute atomic E-state index is 11.7. The molecule has 1 saturated carbocycles. The molecule has 0 amide bonds. The predicted molar refractivity (Wildman–Crippen MR) is 63.2 cm³/mol. The summed E-state index contributed by atoms with van der Waals surface area (Å²) in [6.45, 7) is 0. The van der Waals surface area contributed by atoms with Crippen molar-refractivity contribution in [3.63, 3.8) is 0 Å². The van der Waals surface area contributed by atoms with Gasteiger partial charge in [-0.15, -0.1) is 0 Å². The molecule has 0 unspecified atom stereocenters. The van der Waals surface area contributed by atoms with Crippen LogP contribution in [-0.4, -0.2) is 12.1 Å². The van der Waals surface area contributed by atoms with E-state index < -0.39 is 5.97 Å². The molecule has 2 atom stereocenters. The highest BCUT2D eigenvalue weighted by atomic mass is 79.9. The first-order chi connectivity index (χ1) is 8.20. The Labute approximate surface area is 108 Å². The molecule has 4 nitrogen and oxygen atoms in total. The Bertz CT molecular complexity index is 449. The van der Waals surface area contributed by atoms with Gasteiger partial charge in [-0.2, -0.15) is 5.26 Å². The predicted octanol–water partition coefficient (Wildman–Crippen LogP) is 3.28. The average molecular weight is 298 g/mol. The number of halogens is 1. The minimum absolute atomic E-state index is 0.166. The number of esters is 1. The minimum Gasteiger partial charge on any atom is -0.455 e. The SMILES string of the molecule is N#C[C@@H]1CCCC[C@H]1OC(=O)c1ccc(Br)o1. The number of nitriles is 1. The van der Waals surface area contributed by atoms with Gasteiger partial charge < -0.3 is 9.15 Å². The third-order valence-electron chi connectivity index (χ3n) is 2.90. The molecular formula is C12H12BrNO3. The highest BCUT2D eigenvalue weighted by molar-refractivity contribution is 9.10. The van der Waals surface area contributed by atoms with Crippen molar-refractivity contribution in [2.45, 2.75) is 31.8 Å². The van der Waals surface area contributed by atoms with Gasteiger partial charge in [0.15, 0.2) is 4.67 Å². The van der Waals surface area contributed by atoms with Crippen LogP contribution >= 0.6 is 15.9 Å². The van der Waals surface area contributed by atoms with Crippen molar-refractivity contribution in [3.8, 4) is 6.07 Å². The topological polar surface area (TPSA) is 63.2 Å². The zero-order valence-corrected chi connectivity index (χ0v) is 10.8. The fourth-order valence-electron chi connectivity index (χ4n) is 2.01. The molecule has 1 heterocycles. The maximum atomic E-state index is 11.7. The lowest BCUT2D eigenvalue weighted by atomic mass is 9.87. The molecule has 5 heteroatoms. The molecule has 90 valence electrons. The highest BCUT2D eigenvalue weighted by Crippen LogP contribution is 2.27. The summed E-state index contributed by atoms with van der Waals surface area (Å²) in [4.78, 5) is 11.7. The number of rotatable bonds is 2. The lowest BCUT2D eigenvalue weighted by molar-refractivity contribution is 0.00741. The molecule has 0 saturated heterocycles.